The summed E-state index contributed by atoms with van der Waals surface area (Å²) in [4.78, 5) is 14.9. The zero-order valence-electron chi connectivity index (χ0n) is 16.0. The molecular formula is C20H32N2O3. The number of rotatable bonds is 8. The van der Waals surface area contributed by atoms with Crippen LogP contribution in [0.1, 0.15) is 44.5 Å². The normalized spacial score (nSPS) is 21.0. The molecule has 0 aromatic heterocycles. The van der Waals surface area contributed by atoms with Crippen molar-refractivity contribution in [2.24, 2.45) is 11.8 Å². The van der Waals surface area contributed by atoms with Crippen molar-refractivity contribution in [1.29, 1.82) is 0 Å². The maximum atomic E-state index is 12.4. The van der Waals surface area contributed by atoms with Crippen LogP contribution in [0.25, 0.3) is 0 Å². The summed E-state index contributed by atoms with van der Waals surface area (Å²) < 4.78 is 11.1. The molecule has 25 heavy (non-hydrogen) atoms. The van der Waals surface area contributed by atoms with Crippen LogP contribution in [0.4, 0.5) is 0 Å². The van der Waals surface area contributed by atoms with Gasteiger partial charge in [0, 0.05) is 31.7 Å². The summed E-state index contributed by atoms with van der Waals surface area (Å²) >= 11 is 0. The van der Waals surface area contributed by atoms with E-state index in [1.54, 1.807) is 18.2 Å². The second kappa shape index (κ2) is 9.66. The van der Waals surface area contributed by atoms with Crippen LogP contribution >= 0.6 is 0 Å². The summed E-state index contributed by atoms with van der Waals surface area (Å²) in [5, 5.41) is 3.02. The number of likely N-dealkylation sites (tertiary alicyclic amines) is 1. The Kier molecular flexibility index (Phi) is 7.56. The second-order valence-corrected chi connectivity index (χ2v) is 6.99. The molecule has 5 heteroatoms. The molecule has 140 valence electrons. The average molecular weight is 348 g/mol. The van der Waals surface area contributed by atoms with E-state index in [1.807, 2.05) is 13.8 Å². The smallest absolute Gasteiger partial charge is 0.251 e. The molecule has 1 N–H and O–H groups in total. The predicted octanol–water partition coefficient (Wildman–Crippen LogP) is 3.19. The van der Waals surface area contributed by atoms with Crippen LogP contribution < -0.4 is 14.8 Å². The predicted molar refractivity (Wildman–Crippen MR) is 100 cm³/mol. The average Bonchev–Trinajstić information content (AvgIpc) is 2.56. The van der Waals surface area contributed by atoms with Crippen LogP contribution in [0, 0.1) is 11.8 Å². The number of amides is 1. The van der Waals surface area contributed by atoms with E-state index in [0.717, 1.165) is 31.5 Å². The van der Waals surface area contributed by atoms with Crippen molar-refractivity contribution < 1.29 is 14.3 Å². The first-order valence-electron chi connectivity index (χ1n) is 9.43. The standard InChI is InChI=1S/C20H32N2O3/c1-5-24-18-8-7-17(12-19(18)25-6-2)20(23)21-9-10-22-13-15(3)11-16(4)14-22/h7-8,12,15-16H,5-6,9-11,13-14H2,1-4H3,(H,21,23)/t15-,16-/m1/s1. The fraction of sp³-hybridized carbons (Fsp3) is 0.650. The summed E-state index contributed by atoms with van der Waals surface area (Å²) in [7, 11) is 0. The molecule has 1 aromatic rings. The van der Waals surface area contributed by atoms with Gasteiger partial charge < -0.3 is 19.7 Å². The lowest BCUT2D eigenvalue weighted by molar-refractivity contribution is 0.0936. The molecule has 1 aliphatic heterocycles. The molecule has 1 fully saturated rings. The fourth-order valence-corrected chi connectivity index (χ4v) is 3.60. The van der Waals surface area contributed by atoms with E-state index in [4.69, 9.17) is 9.47 Å². The van der Waals surface area contributed by atoms with Gasteiger partial charge in [0.25, 0.3) is 5.91 Å². The van der Waals surface area contributed by atoms with Crippen molar-refractivity contribution in [2.75, 3.05) is 39.4 Å². The zero-order valence-corrected chi connectivity index (χ0v) is 16.0. The highest BCUT2D eigenvalue weighted by molar-refractivity contribution is 5.94. The van der Waals surface area contributed by atoms with E-state index in [9.17, 15) is 4.79 Å². The Morgan fingerprint density at radius 3 is 2.40 bits per heavy atom. The number of piperidine rings is 1. The molecule has 1 saturated heterocycles. The molecule has 0 unspecified atom stereocenters. The molecule has 0 radical (unpaired) electrons. The van der Waals surface area contributed by atoms with Crippen molar-refractivity contribution in [3.8, 4) is 11.5 Å². The molecule has 0 saturated carbocycles. The molecule has 2 atom stereocenters. The monoisotopic (exact) mass is 348 g/mol. The van der Waals surface area contributed by atoms with Crippen LogP contribution in [-0.2, 0) is 0 Å². The fourth-order valence-electron chi connectivity index (χ4n) is 3.60. The largest absolute Gasteiger partial charge is 0.490 e. The van der Waals surface area contributed by atoms with Crippen molar-refractivity contribution in [3.63, 3.8) is 0 Å². The zero-order chi connectivity index (χ0) is 18.2. The Balaban J connectivity index is 1.88. The lowest BCUT2D eigenvalue weighted by atomic mass is 9.92. The van der Waals surface area contributed by atoms with Crippen molar-refractivity contribution in [3.05, 3.63) is 23.8 Å². The van der Waals surface area contributed by atoms with Gasteiger partial charge in [-0.25, -0.2) is 0 Å². The molecule has 0 bridgehead atoms. The summed E-state index contributed by atoms with van der Waals surface area (Å²) in [5.41, 5.74) is 0.604. The Labute approximate surface area is 151 Å². The first-order chi connectivity index (χ1) is 12.0. The molecule has 1 aliphatic rings. The molecular weight excluding hydrogens is 316 g/mol. The first kappa shape index (κ1) is 19.6. The lowest BCUT2D eigenvalue weighted by Crippen LogP contribution is -2.42. The van der Waals surface area contributed by atoms with Gasteiger partial charge in [0.2, 0.25) is 0 Å². The summed E-state index contributed by atoms with van der Waals surface area (Å²) in [6.07, 6.45) is 1.30. The molecule has 1 amide bonds. The number of benzene rings is 1. The quantitative estimate of drug-likeness (QED) is 0.784. The Bertz CT molecular complexity index is 552. The maximum absolute atomic E-state index is 12.4. The second-order valence-electron chi connectivity index (χ2n) is 6.99. The van der Waals surface area contributed by atoms with Gasteiger partial charge in [-0.1, -0.05) is 13.8 Å². The van der Waals surface area contributed by atoms with Gasteiger partial charge >= 0.3 is 0 Å². The minimum Gasteiger partial charge on any atom is -0.490 e. The SMILES string of the molecule is CCOc1ccc(C(=O)NCCN2C[C@H](C)C[C@@H](C)C2)cc1OCC. The van der Waals surface area contributed by atoms with Crippen LogP contribution in [0.15, 0.2) is 18.2 Å². The van der Waals surface area contributed by atoms with Gasteiger partial charge in [-0.15, -0.1) is 0 Å². The van der Waals surface area contributed by atoms with Gasteiger partial charge in [0.05, 0.1) is 13.2 Å². The molecule has 1 aromatic carbocycles. The van der Waals surface area contributed by atoms with Crippen LogP contribution in [-0.4, -0.2) is 50.2 Å². The topological polar surface area (TPSA) is 50.8 Å². The van der Waals surface area contributed by atoms with E-state index < -0.39 is 0 Å². The summed E-state index contributed by atoms with van der Waals surface area (Å²) in [5.74, 6) is 2.70. The highest BCUT2D eigenvalue weighted by Crippen LogP contribution is 2.28. The number of hydrogen-bond donors (Lipinski definition) is 1. The van der Waals surface area contributed by atoms with E-state index in [1.165, 1.54) is 6.42 Å². The number of nitrogens with one attached hydrogen (secondary N) is 1. The third kappa shape index (κ3) is 5.92. The highest BCUT2D eigenvalue weighted by atomic mass is 16.5. The Morgan fingerprint density at radius 1 is 1.12 bits per heavy atom. The Hall–Kier alpha value is -1.75. The summed E-state index contributed by atoms with van der Waals surface area (Å²) in [6.45, 7) is 13.4. The number of hydrogen-bond acceptors (Lipinski definition) is 4. The van der Waals surface area contributed by atoms with E-state index in [0.29, 0.717) is 36.8 Å². The maximum Gasteiger partial charge on any atom is 0.251 e. The minimum atomic E-state index is -0.0675. The van der Waals surface area contributed by atoms with Crippen molar-refractivity contribution >= 4 is 5.91 Å². The Morgan fingerprint density at radius 2 is 1.76 bits per heavy atom. The van der Waals surface area contributed by atoms with Crippen molar-refractivity contribution in [1.82, 2.24) is 10.2 Å². The van der Waals surface area contributed by atoms with Gasteiger partial charge in [0.15, 0.2) is 11.5 Å². The van der Waals surface area contributed by atoms with Crippen LogP contribution in [0.3, 0.4) is 0 Å². The first-order valence-corrected chi connectivity index (χ1v) is 9.43. The highest BCUT2D eigenvalue weighted by Gasteiger charge is 2.21. The van der Waals surface area contributed by atoms with E-state index in [-0.39, 0.29) is 5.91 Å². The van der Waals surface area contributed by atoms with E-state index in [2.05, 4.69) is 24.1 Å². The molecule has 1 heterocycles. The van der Waals surface area contributed by atoms with Crippen LogP contribution in [0.2, 0.25) is 0 Å². The number of nitrogens with zero attached hydrogens (tertiary/aromatic N) is 1. The third-order valence-corrected chi connectivity index (χ3v) is 4.46. The number of ether oxygens (including phenoxy) is 2. The van der Waals surface area contributed by atoms with Gasteiger partial charge in [-0.05, 0) is 50.3 Å². The molecule has 0 aliphatic carbocycles. The van der Waals surface area contributed by atoms with Gasteiger partial charge in [-0.3, -0.25) is 4.79 Å². The number of carbonyl (C=O) groups is 1. The van der Waals surface area contributed by atoms with E-state index >= 15 is 0 Å². The number of carbonyl (C=O) groups excluding carboxylic acids is 1. The van der Waals surface area contributed by atoms with Gasteiger partial charge in [0.1, 0.15) is 0 Å². The van der Waals surface area contributed by atoms with Crippen molar-refractivity contribution in [2.45, 2.75) is 34.1 Å². The van der Waals surface area contributed by atoms with Gasteiger partial charge in [-0.2, -0.15) is 0 Å². The molecule has 0 spiro atoms. The van der Waals surface area contributed by atoms with Crippen LogP contribution in [0.5, 0.6) is 11.5 Å². The molecule has 2 rings (SSSR count). The minimum absolute atomic E-state index is 0.0675. The summed E-state index contributed by atoms with van der Waals surface area (Å²) in [6, 6.07) is 5.35. The third-order valence-electron chi connectivity index (χ3n) is 4.46. The molecule has 5 nitrogen and oxygen atoms in total. The lowest BCUT2D eigenvalue weighted by Gasteiger charge is -2.34.